The Morgan fingerprint density at radius 1 is 1.20 bits per heavy atom. The van der Waals surface area contributed by atoms with Crippen LogP contribution in [0.2, 0.25) is 0 Å². The van der Waals surface area contributed by atoms with Crippen LogP contribution >= 0.6 is 15.9 Å². The number of nitrogens with one attached hydrogen (secondary N) is 1. The highest BCUT2D eigenvalue weighted by molar-refractivity contribution is 9.08. The number of alkyl halides is 1. The van der Waals surface area contributed by atoms with E-state index in [1.807, 2.05) is 24.3 Å². The molecule has 0 radical (unpaired) electrons. The lowest BCUT2D eigenvalue weighted by Crippen LogP contribution is -2.23. The number of phenols is 1. The van der Waals surface area contributed by atoms with Crippen molar-refractivity contribution >= 4 is 21.8 Å². The van der Waals surface area contributed by atoms with Crippen molar-refractivity contribution in [3.8, 4) is 5.75 Å². The smallest absolute Gasteiger partial charge is 0.255 e. The zero-order valence-electron chi connectivity index (χ0n) is 11.2. The number of hydrogen-bond donors (Lipinski definition) is 2. The number of para-hydroxylation sites is 1. The number of amides is 1. The molecule has 0 aliphatic heterocycles. The summed E-state index contributed by atoms with van der Waals surface area (Å²) >= 11 is 3.41. The second-order valence-electron chi connectivity index (χ2n) is 4.61. The third-order valence-electron chi connectivity index (χ3n) is 3.08. The van der Waals surface area contributed by atoms with Gasteiger partial charge in [0.2, 0.25) is 0 Å². The van der Waals surface area contributed by atoms with E-state index in [1.165, 1.54) is 0 Å². The summed E-state index contributed by atoms with van der Waals surface area (Å²) in [6.07, 6.45) is 0. The molecule has 1 amide bonds. The van der Waals surface area contributed by atoms with Crippen LogP contribution in [-0.2, 0) is 11.9 Å². The highest BCUT2D eigenvalue weighted by atomic mass is 79.9. The second-order valence-corrected chi connectivity index (χ2v) is 5.17. The van der Waals surface area contributed by atoms with Gasteiger partial charge < -0.3 is 10.4 Å². The Kier molecular flexibility index (Phi) is 4.79. The molecule has 2 N–H and O–H groups in total. The lowest BCUT2D eigenvalue weighted by Gasteiger charge is -2.09. The third-order valence-corrected chi connectivity index (χ3v) is 3.73. The molecule has 0 aromatic heterocycles. The molecule has 3 nitrogen and oxygen atoms in total. The molecule has 20 heavy (non-hydrogen) atoms. The zero-order valence-corrected chi connectivity index (χ0v) is 12.8. The molecule has 104 valence electrons. The molecule has 4 heteroatoms. The van der Waals surface area contributed by atoms with E-state index in [1.54, 1.807) is 25.1 Å². The molecule has 0 saturated carbocycles. The first kappa shape index (κ1) is 14.6. The van der Waals surface area contributed by atoms with Crippen molar-refractivity contribution in [2.45, 2.75) is 18.8 Å². The van der Waals surface area contributed by atoms with Crippen molar-refractivity contribution in [3.05, 3.63) is 64.7 Å². The van der Waals surface area contributed by atoms with Crippen molar-refractivity contribution in [1.82, 2.24) is 5.32 Å². The third kappa shape index (κ3) is 3.39. The van der Waals surface area contributed by atoms with Crippen LogP contribution in [0.1, 0.15) is 27.0 Å². The summed E-state index contributed by atoms with van der Waals surface area (Å²) < 4.78 is 0. The summed E-state index contributed by atoms with van der Waals surface area (Å²) in [4.78, 5) is 12.1. The van der Waals surface area contributed by atoms with Gasteiger partial charge in [0.15, 0.2) is 0 Å². The van der Waals surface area contributed by atoms with E-state index >= 15 is 0 Å². The van der Waals surface area contributed by atoms with Crippen LogP contribution in [0, 0.1) is 6.92 Å². The Morgan fingerprint density at radius 2 is 1.90 bits per heavy atom. The number of phenolic OH excluding ortho intramolecular Hbond substituents is 1. The zero-order chi connectivity index (χ0) is 14.5. The quantitative estimate of drug-likeness (QED) is 0.841. The Hall–Kier alpha value is -1.81. The summed E-state index contributed by atoms with van der Waals surface area (Å²) in [6, 6.07) is 13.1. The maximum absolute atomic E-state index is 12.1. The lowest BCUT2D eigenvalue weighted by molar-refractivity contribution is 0.0948. The van der Waals surface area contributed by atoms with E-state index < -0.39 is 0 Å². The summed E-state index contributed by atoms with van der Waals surface area (Å²) in [5.74, 6) is -0.227. The normalized spacial score (nSPS) is 10.3. The molecule has 0 heterocycles. The summed E-state index contributed by atoms with van der Waals surface area (Å²) in [7, 11) is 0. The number of hydrogen-bond acceptors (Lipinski definition) is 2. The molecular weight excluding hydrogens is 318 g/mol. The average molecular weight is 334 g/mol. The molecule has 2 aromatic rings. The molecule has 0 aliphatic carbocycles. The monoisotopic (exact) mass is 333 g/mol. The molecule has 0 spiro atoms. The van der Waals surface area contributed by atoms with Gasteiger partial charge in [0.25, 0.3) is 5.91 Å². The SMILES string of the molecule is Cc1cccc(C(=O)NCc2cccc(CBr)c2)c1O. The first-order chi connectivity index (χ1) is 9.61. The molecule has 0 bridgehead atoms. The predicted octanol–water partition coefficient (Wildman–Crippen LogP) is 3.53. The highest BCUT2D eigenvalue weighted by Gasteiger charge is 2.11. The predicted molar refractivity (Wildman–Crippen MR) is 83.1 cm³/mol. The molecule has 2 aromatic carbocycles. The molecule has 0 fully saturated rings. The largest absolute Gasteiger partial charge is 0.507 e. The van der Waals surface area contributed by atoms with E-state index in [0.29, 0.717) is 17.7 Å². The van der Waals surface area contributed by atoms with Crippen molar-refractivity contribution in [3.63, 3.8) is 0 Å². The van der Waals surface area contributed by atoms with E-state index in [2.05, 4.69) is 21.2 Å². The molecule has 0 aliphatic rings. The van der Waals surface area contributed by atoms with E-state index in [0.717, 1.165) is 16.5 Å². The summed E-state index contributed by atoms with van der Waals surface area (Å²) in [5, 5.41) is 13.5. The van der Waals surface area contributed by atoms with Crippen molar-refractivity contribution in [1.29, 1.82) is 0 Å². The maximum Gasteiger partial charge on any atom is 0.255 e. The van der Waals surface area contributed by atoms with Crippen molar-refractivity contribution in [2.24, 2.45) is 0 Å². The van der Waals surface area contributed by atoms with E-state index in [-0.39, 0.29) is 11.7 Å². The van der Waals surface area contributed by atoms with Gasteiger partial charge in [-0.25, -0.2) is 0 Å². The second kappa shape index (κ2) is 6.57. The van der Waals surface area contributed by atoms with Crippen LogP contribution < -0.4 is 5.32 Å². The standard InChI is InChI=1S/C16H16BrNO2/c1-11-4-2-7-14(15(11)19)16(20)18-10-13-6-3-5-12(8-13)9-17/h2-8,19H,9-10H2,1H3,(H,18,20). The van der Waals surface area contributed by atoms with Crippen molar-refractivity contribution < 1.29 is 9.90 Å². The number of rotatable bonds is 4. The number of benzene rings is 2. The Morgan fingerprint density at radius 3 is 2.65 bits per heavy atom. The first-order valence-corrected chi connectivity index (χ1v) is 7.44. The number of aryl methyl sites for hydroxylation is 1. The molecule has 0 atom stereocenters. The van der Waals surface area contributed by atoms with Gasteiger partial charge in [0.05, 0.1) is 5.56 Å². The topological polar surface area (TPSA) is 49.3 Å². The number of carbonyl (C=O) groups excluding carboxylic acids is 1. The van der Waals surface area contributed by atoms with Gasteiger partial charge in [-0.3, -0.25) is 4.79 Å². The van der Waals surface area contributed by atoms with Gasteiger partial charge in [-0.2, -0.15) is 0 Å². The van der Waals surface area contributed by atoms with Gasteiger partial charge in [-0.1, -0.05) is 52.3 Å². The Bertz CT molecular complexity index is 626. The van der Waals surface area contributed by atoms with Gasteiger partial charge >= 0.3 is 0 Å². The molecule has 0 saturated heterocycles. The fourth-order valence-corrected chi connectivity index (χ4v) is 2.29. The van der Waals surface area contributed by atoms with Crippen LogP contribution in [-0.4, -0.2) is 11.0 Å². The van der Waals surface area contributed by atoms with Crippen LogP contribution in [0.3, 0.4) is 0 Å². The minimum absolute atomic E-state index is 0.0409. The Balaban J connectivity index is 2.06. The van der Waals surface area contributed by atoms with E-state index in [9.17, 15) is 9.90 Å². The summed E-state index contributed by atoms with van der Waals surface area (Å²) in [6.45, 7) is 2.21. The van der Waals surface area contributed by atoms with Crippen molar-refractivity contribution in [2.75, 3.05) is 0 Å². The van der Waals surface area contributed by atoms with Crippen LogP contribution in [0.4, 0.5) is 0 Å². The van der Waals surface area contributed by atoms with Crippen LogP contribution in [0.25, 0.3) is 0 Å². The molecule has 2 rings (SSSR count). The average Bonchev–Trinajstić information content (AvgIpc) is 2.48. The van der Waals surface area contributed by atoms with Gasteiger partial charge in [0.1, 0.15) is 5.75 Å². The number of halogens is 1. The number of carbonyl (C=O) groups is 1. The van der Waals surface area contributed by atoms with Crippen LogP contribution in [0.15, 0.2) is 42.5 Å². The maximum atomic E-state index is 12.1. The number of aromatic hydroxyl groups is 1. The minimum atomic E-state index is -0.268. The molecular formula is C16H16BrNO2. The van der Waals surface area contributed by atoms with Gasteiger partial charge in [0, 0.05) is 11.9 Å². The fourth-order valence-electron chi connectivity index (χ4n) is 1.94. The molecule has 0 unspecified atom stereocenters. The van der Waals surface area contributed by atoms with Gasteiger partial charge in [-0.15, -0.1) is 0 Å². The fraction of sp³-hybridized carbons (Fsp3) is 0.188. The van der Waals surface area contributed by atoms with Crippen LogP contribution in [0.5, 0.6) is 5.75 Å². The lowest BCUT2D eigenvalue weighted by atomic mass is 10.1. The minimum Gasteiger partial charge on any atom is -0.507 e. The van der Waals surface area contributed by atoms with Gasteiger partial charge in [-0.05, 0) is 29.7 Å². The Labute approximate surface area is 126 Å². The first-order valence-electron chi connectivity index (χ1n) is 6.32. The highest BCUT2D eigenvalue weighted by Crippen LogP contribution is 2.21. The summed E-state index contributed by atoms with van der Waals surface area (Å²) in [5.41, 5.74) is 3.19. The van der Waals surface area contributed by atoms with E-state index in [4.69, 9.17) is 0 Å².